The number of ether oxygens (including phenoxy) is 2. The van der Waals surface area contributed by atoms with Gasteiger partial charge in [0.2, 0.25) is 0 Å². The van der Waals surface area contributed by atoms with Crippen LogP contribution in [0.5, 0.6) is 0 Å². The minimum absolute atomic E-state index is 0.0510. The normalized spacial score (nSPS) is 34.9. The first kappa shape index (κ1) is 10.8. The molecule has 0 saturated carbocycles. The maximum Gasteiger partial charge on any atom is 0.311 e. The van der Waals surface area contributed by atoms with Gasteiger partial charge in [0, 0.05) is 5.92 Å². The van der Waals surface area contributed by atoms with E-state index in [0.29, 0.717) is 5.92 Å². The highest BCUT2D eigenvalue weighted by Crippen LogP contribution is 2.47. The van der Waals surface area contributed by atoms with Gasteiger partial charge >= 0.3 is 5.97 Å². The second-order valence-electron chi connectivity index (χ2n) is 4.83. The number of methoxy groups -OCH3 is 1. The van der Waals surface area contributed by atoms with Crippen LogP contribution in [0, 0.1) is 5.92 Å². The maximum absolute atomic E-state index is 11.5. The van der Waals surface area contributed by atoms with Crippen LogP contribution in [0.15, 0.2) is 30.3 Å². The van der Waals surface area contributed by atoms with Gasteiger partial charge in [-0.2, -0.15) is 0 Å². The molecule has 3 nitrogen and oxygen atoms in total. The van der Waals surface area contributed by atoms with Crippen LogP contribution in [-0.4, -0.2) is 25.3 Å². The smallest absolute Gasteiger partial charge is 0.311 e. The van der Waals surface area contributed by atoms with Crippen LogP contribution in [0.25, 0.3) is 0 Å². The lowest BCUT2D eigenvalue weighted by Gasteiger charge is -2.23. The van der Waals surface area contributed by atoms with Crippen molar-refractivity contribution in [2.75, 3.05) is 7.11 Å². The molecule has 4 unspecified atom stereocenters. The second kappa shape index (κ2) is 4.15. The summed E-state index contributed by atoms with van der Waals surface area (Å²) in [5.41, 5.74) is 1.32. The zero-order valence-corrected chi connectivity index (χ0v) is 9.84. The molecule has 0 amide bonds. The van der Waals surface area contributed by atoms with E-state index in [-0.39, 0.29) is 24.1 Å². The molecule has 0 aliphatic carbocycles. The van der Waals surface area contributed by atoms with Gasteiger partial charge in [-0.25, -0.2) is 0 Å². The third-order valence-corrected chi connectivity index (χ3v) is 3.95. The zero-order chi connectivity index (χ0) is 11.8. The minimum atomic E-state index is -0.121. The molecular weight excluding hydrogens is 216 g/mol. The lowest BCUT2D eigenvalue weighted by Crippen LogP contribution is -2.29. The molecule has 2 aliphatic rings. The number of fused-ring (bicyclic) bond motifs is 2. The fourth-order valence-corrected chi connectivity index (χ4v) is 3.11. The third kappa shape index (κ3) is 1.75. The molecule has 3 rings (SSSR count). The molecule has 0 radical (unpaired) electrons. The van der Waals surface area contributed by atoms with Gasteiger partial charge in [0.15, 0.2) is 0 Å². The topological polar surface area (TPSA) is 35.5 Å². The fourth-order valence-electron chi connectivity index (χ4n) is 3.11. The summed E-state index contributed by atoms with van der Waals surface area (Å²) >= 11 is 0. The Morgan fingerprint density at radius 3 is 2.59 bits per heavy atom. The molecule has 2 heterocycles. The van der Waals surface area contributed by atoms with Gasteiger partial charge in [0.25, 0.3) is 0 Å². The average Bonchev–Trinajstić information content (AvgIpc) is 2.98. The summed E-state index contributed by atoms with van der Waals surface area (Å²) in [6, 6.07) is 10.4. The highest BCUT2D eigenvalue weighted by Gasteiger charge is 2.50. The minimum Gasteiger partial charge on any atom is -0.469 e. The van der Waals surface area contributed by atoms with E-state index in [0.717, 1.165) is 12.8 Å². The first-order valence-electron chi connectivity index (χ1n) is 6.08. The van der Waals surface area contributed by atoms with E-state index < -0.39 is 0 Å². The molecule has 90 valence electrons. The molecule has 4 atom stereocenters. The molecular formula is C14H16O3. The number of benzene rings is 1. The summed E-state index contributed by atoms with van der Waals surface area (Å²) in [7, 11) is 1.45. The maximum atomic E-state index is 11.5. The Hall–Kier alpha value is -1.35. The van der Waals surface area contributed by atoms with Gasteiger partial charge in [-0.05, 0) is 18.4 Å². The van der Waals surface area contributed by atoms with Crippen LogP contribution in [0.2, 0.25) is 0 Å². The van der Waals surface area contributed by atoms with Crippen molar-refractivity contribution in [2.45, 2.75) is 31.0 Å². The molecule has 0 N–H and O–H groups in total. The summed E-state index contributed by atoms with van der Waals surface area (Å²) in [6.07, 6.45) is 1.98. The average molecular weight is 232 g/mol. The van der Waals surface area contributed by atoms with Crippen LogP contribution in [0.1, 0.15) is 24.3 Å². The molecule has 1 aromatic rings. The van der Waals surface area contributed by atoms with Crippen molar-refractivity contribution in [3.05, 3.63) is 35.9 Å². The lowest BCUT2D eigenvalue weighted by molar-refractivity contribution is -0.147. The van der Waals surface area contributed by atoms with Gasteiger partial charge in [-0.1, -0.05) is 30.3 Å². The van der Waals surface area contributed by atoms with Crippen molar-refractivity contribution in [1.82, 2.24) is 0 Å². The molecule has 2 saturated heterocycles. The van der Waals surface area contributed by atoms with Crippen molar-refractivity contribution >= 4 is 5.97 Å². The second-order valence-corrected chi connectivity index (χ2v) is 4.83. The van der Waals surface area contributed by atoms with Gasteiger partial charge in [0.05, 0.1) is 25.2 Å². The summed E-state index contributed by atoms with van der Waals surface area (Å²) in [4.78, 5) is 11.5. The predicted octanol–water partition coefficient (Wildman–Crippen LogP) is 2.12. The standard InChI is InChI=1S/C14H16O3/c1-16-14(15)11-8-12-10(7-13(11)17-12)9-5-3-2-4-6-9/h2-6,10-13H,7-8H2,1H3. The van der Waals surface area contributed by atoms with Crippen molar-refractivity contribution in [3.8, 4) is 0 Å². The van der Waals surface area contributed by atoms with E-state index >= 15 is 0 Å². The molecule has 0 spiro atoms. The molecule has 2 aliphatic heterocycles. The number of carbonyl (C=O) groups is 1. The van der Waals surface area contributed by atoms with Crippen molar-refractivity contribution < 1.29 is 14.3 Å². The summed E-state index contributed by atoms with van der Waals surface area (Å²) in [6.45, 7) is 0. The molecule has 3 heteroatoms. The van der Waals surface area contributed by atoms with Gasteiger partial charge < -0.3 is 9.47 Å². The number of hydrogen-bond donors (Lipinski definition) is 0. The van der Waals surface area contributed by atoms with E-state index in [1.807, 2.05) is 6.07 Å². The monoisotopic (exact) mass is 232 g/mol. The largest absolute Gasteiger partial charge is 0.469 e. The van der Waals surface area contributed by atoms with E-state index in [9.17, 15) is 4.79 Å². The van der Waals surface area contributed by atoms with Crippen LogP contribution >= 0.6 is 0 Å². The first-order chi connectivity index (χ1) is 8.29. The fraction of sp³-hybridized carbons (Fsp3) is 0.500. The Kier molecular flexibility index (Phi) is 2.63. The molecule has 17 heavy (non-hydrogen) atoms. The Balaban J connectivity index is 1.74. The summed E-state index contributed by atoms with van der Waals surface area (Å²) in [5, 5.41) is 0. The van der Waals surface area contributed by atoms with Crippen LogP contribution in [0.3, 0.4) is 0 Å². The van der Waals surface area contributed by atoms with Crippen molar-refractivity contribution in [1.29, 1.82) is 0 Å². The van der Waals surface area contributed by atoms with Gasteiger partial charge in [-0.15, -0.1) is 0 Å². The number of hydrogen-bond acceptors (Lipinski definition) is 3. The highest BCUT2D eigenvalue weighted by molar-refractivity contribution is 5.73. The first-order valence-corrected chi connectivity index (χ1v) is 6.08. The number of esters is 1. The van der Waals surface area contributed by atoms with Crippen molar-refractivity contribution in [3.63, 3.8) is 0 Å². The Labute approximate surface area is 101 Å². The van der Waals surface area contributed by atoms with E-state index in [1.165, 1.54) is 12.7 Å². The van der Waals surface area contributed by atoms with E-state index in [4.69, 9.17) is 9.47 Å². The molecule has 2 bridgehead atoms. The Bertz CT molecular complexity index is 415. The van der Waals surface area contributed by atoms with Crippen LogP contribution < -0.4 is 0 Å². The molecule has 2 fully saturated rings. The van der Waals surface area contributed by atoms with Gasteiger partial charge in [-0.3, -0.25) is 4.79 Å². The SMILES string of the molecule is COC(=O)C1CC2OC1CC2c1ccccc1. The Morgan fingerprint density at radius 1 is 1.24 bits per heavy atom. The lowest BCUT2D eigenvalue weighted by atomic mass is 9.79. The zero-order valence-electron chi connectivity index (χ0n) is 9.84. The van der Waals surface area contributed by atoms with Crippen LogP contribution in [0.4, 0.5) is 0 Å². The van der Waals surface area contributed by atoms with E-state index in [2.05, 4.69) is 24.3 Å². The Morgan fingerprint density at radius 2 is 2.00 bits per heavy atom. The number of rotatable bonds is 2. The quantitative estimate of drug-likeness (QED) is 0.733. The highest BCUT2D eigenvalue weighted by atomic mass is 16.5. The summed E-state index contributed by atoms with van der Waals surface area (Å²) in [5.74, 6) is 0.274. The van der Waals surface area contributed by atoms with Gasteiger partial charge in [0.1, 0.15) is 0 Å². The molecule has 0 aromatic heterocycles. The third-order valence-electron chi connectivity index (χ3n) is 3.95. The molecule has 1 aromatic carbocycles. The van der Waals surface area contributed by atoms with E-state index in [1.54, 1.807) is 0 Å². The van der Waals surface area contributed by atoms with Crippen LogP contribution in [-0.2, 0) is 14.3 Å². The van der Waals surface area contributed by atoms with Crippen molar-refractivity contribution in [2.24, 2.45) is 5.92 Å². The predicted molar refractivity (Wildman–Crippen MR) is 62.6 cm³/mol. The number of carbonyl (C=O) groups excluding carboxylic acids is 1. The summed E-state index contributed by atoms with van der Waals surface area (Å²) < 4.78 is 10.7.